The van der Waals surface area contributed by atoms with Gasteiger partial charge >= 0.3 is 0 Å². The second kappa shape index (κ2) is 7.45. The van der Waals surface area contributed by atoms with Crippen LogP contribution in [0.15, 0.2) is 24.3 Å². The number of hydrogen-bond donors (Lipinski definition) is 2. The molecule has 0 aromatic heterocycles. The lowest BCUT2D eigenvalue weighted by Crippen LogP contribution is -2.54. The lowest BCUT2D eigenvalue weighted by atomic mass is 9.84. The van der Waals surface area contributed by atoms with Gasteiger partial charge < -0.3 is 20.6 Å². The highest BCUT2D eigenvalue weighted by atomic mass is 35.5. The van der Waals surface area contributed by atoms with Gasteiger partial charge in [-0.25, -0.2) is 0 Å². The number of para-hydroxylation sites is 1. The zero-order valence-corrected chi connectivity index (χ0v) is 15.5. The summed E-state index contributed by atoms with van der Waals surface area (Å²) in [6, 6.07) is 6.59. The van der Waals surface area contributed by atoms with Crippen LogP contribution in [0.1, 0.15) is 29.6 Å². The van der Waals surface area contributed by atoms with Crippen molar-refractivity contribution in [2.75, 3.05) is 26.2 Å². The van der Waals surface area contributed by atoms with Gasteiger partial charge in [-0.1, -0.05) is 12.1 Å². The van der Waals surface area contributed by atoms with E-state index in [0.717, 1.165) is 12.8 Å². The molecule has 4 unspecified atom stereocenters. The smallest absolute Gasteiger partial charge is 0.257 e. The van der Waals surface area contributed by atoms with Crippen molar-refractivity contribution >= 4 is 24.2 Å². The number of nitrogens with two attached hydrogens (primary N) is 1. The average Bonchev–Trinajstić information content (AvgIpc) is 3.22. The maximum Gasteiger partial charge on any atom is 0.257 e. The number of nitrogens with zero attached hydrogens (tertiary/aromatic N) is 2. The Morgan fingerprint density at radius 2 is 1.62 bits per heavy atom. The van der Waals surface area contributed by atoms with E-state index >= 15 is 0 Å². The van der Waals surface area contributed by atoms with Gasteiger partial charge in [0.05, 0.1) is 11.5 Å². The molecule has 26 heavy (non-hydrogen) atoms. The number of aromatic hydroxyl groups is 1. The molecule has 7 heteroatoms. The Kier molecular flexibility index (Phi) is 5.44. The first-order valence-electron chi connectivity index (χ1n) is 9.18. The third-order valence-electron chi connectivity index (χ3n) is 6.28. The average molecular weight is 380 g/mol. The van der Waals surface area contributed by atoms with Gasteiger partial charge in [0.25, 0.3) is 5.91 Å². The highest BCUT2D eigenvalue weighted by Gasteiger charge is 2.50. The number of phenolic OH excluding ortho intramolecular Hbond substituents is 1. The first-order chi connectivity index (χ1) is 12.1. The summed E-state index contributed by atoms with van der Waals surface area (Å²) in [5.74, 6) is 0.936. The van der Waals surface area contributed by atoms with Crippen molar-refractivity contribution in [2.45, 2.75) is 25.3 Å². The van der Waals surface area contributed by atoms with E-state index in [1.165, 1.54) is 12.5 Å². The summed E-state index contributed by atoms with van der Waals surface area (Å²) in [4.78, 5) is 29.0. The molecular formula is C19H26ClN3O3. The highest BCUT2D eigenvalue weighted by Crippen LogP contribution is 2.48. The Bertz CT molecular complexity index is 688. The van der Waals surface area contributed by atoms with E-state index in [9.17, 15) is 14.7 Å². The Hall–Kier alpha value is -1.79. The Morgan fingerprint density at radius 1 is 1.00 bits per heavy atom. The number of piperazine rings is 1. The quantitative estimate of drug-likeness (QED) is 0.814. The normalized spacial score (nSPS) is 30.2. The van der Waals surface area contributed by atoms with E-state index in [1.807, 2.05) is 4.90 Å². The Morgan fingerprint density at radius 3 is 2.23 bits per heavy atom. The third kappa shape index (κ3) is 3.16. The van der Waals surface area contributed by atoms with Crippen LogP contribution in [0, 0.1) is 17.8 Å². The molecule has 142 valence electrons. The van der Waals surface area contributed by atoms with Crippen LogP contribution in [0.25, 0.3) is 0 Å². The summed E-state index contributed by atoms with van der Waals surface area (Å²) in [5.41, 5.74) is 6.62. The second-order valence-electron chi connectivity index (χ2n) is 7.57. The summed E-state index contributed by atoms with van der Waals surface area (Å²) in [6.07, 6.45) is 3.39. The minimum Gasteiger partial charge on any atom is -0.507 e. The van der Waals surface area contributed by atoms with E-state index in [2.05, 4.69) is 0 Å². The van der Waals surface area contributed by atoms with E-state index in [1.54, 1.807) is 23.1 Å². The van der Waals surface area contributed by atoms with Crippen LogP contribution < -0.4 is 5.73 Å². The first kappa shape index (κ1) is 19.0. The van der Waals surface area contributed by atoms with Gasteiger partial charge in [0.15, 0.2) is 0 Å². The van der Waals surface area contributed by atoms with E-state index in [0.29, 0.717) is 43.6 Å². The molecule has 0 radical (unpaired) electrons. The molecule has 3 aliphatic rings. The predicted molar refractivity (Wildman–Crippen MR) is 100 cm³/mol. The van der Waals surface area contributed by atoms with Crippen molar-refractivity contribution in [1.29, 1.82) is 0 Å². The van der Waals surface area contributed by atoms with Crippen LogP contribution in [0.2, 0.25) is 0 Å². The molecule has 2 bridgehead atoms. The fraction of sp³-hybridized carbons (Fsp3) is 0.579. The lowest BCUT2D eigenvalue weighted by molar-refractivity contribution is -0.139. The summed E-state index contributed by atoms with van der Waals surface area (Å²) in [7, 11) is 0. The maximum absolute atomic E-state index is 12.9. The lowest BCUT2D eigenvalue weighted by Gasteiger charge is -2.38. The number of benzene rings is 1. The molecular weight excluding hydrogens is 354 g/mol. The fourth-order valence-electron chi connectivity index (χ4n) is 4.87. The van der Waals surface area contributed by atoms with Gasteiger partial charge in [0.1, 0.15) is 5.75 Å². The third-order valence-corrected chi connectivity index (χ3v) is 6.28. The molecule has 1 saturated heterocycles. The summed E-state index contributed by atoms with van der Waals surface area (Å²) in [5, 5.41) is 9.86. The zero-order valence-electron chi connectivity index (χ0n) is 14.7. The summed E-state index contributed by atoms with van der Waals surface area (Å²) < 4.78 is 0. The van der Waals surface area contributed by atoms with Crippen molar-refractivity contribution in [3.05, 3.63) is 29.8 Å². The van der Waals surface area contributed by atoms with Crippen molar-refractivity contribution in [1.82, 2.24) is 9.80 Å². The zero-order chi connectivity index (χ0) is 17.6. The van der Waals surface area contributed by atoms with Crippen LogP contribution in [-0.2, 0) is 4.79 Å². The Balaban J connectivity index is 0.00000196. The number of carbonyl (C=O) groups excluding carboxylic acids is 2. The van der Waals surface area contributed by atoms with E-state index < -0.39 is 0 Å². The van der Waals surface area contributed by atoms with Crippen molar-refractivity contribution in [3.8, 4) is 5.75 Å². The standard InChI is InChI=1S/C19H25N3O3.ClH/c20-17-13-6-5-12(11-13)16(17)19(25)22-9-7-21(8-10-22)18(24)14-3-1-2-4-15(14)23;/h1-4,12-13,16-17,23H,5-11,20H2;1H. The number of fused-ring (bicyclic) bond motifs is 2. The van der Waals surface area contributed by atoms with Gasteiger partial charge in [0.2, 0.25) is 5.91 Å². The first-order valence-corrected chi connectivity index (χ1v) is 9.18. The van der Waals surface area contributed by atoms with Gasteiger partial charge in [-0.2, -0.15) is 0 Å². The van der Waals surface area contributed by atoms with Gasteiger partial charge in [-0.15, -0.1) is 12.4 Å². The van der Waals surface area contributed by atoms with Crippen molar-refractivity contribution < 1.29 is 14.7 Å². The number of rotatable bonds is 2. The number of hydrogen-bond acceptors (Lipinski definition) is 4. The monoisotopic (exact) mass is 379 g/mol. The minimum atomic E-state index is -0.179. The van der Waals surface area contributed by atoms with Crippen LogP contribution in [0.5, 0.6) is 5.75 Å². The summed E-state index contributed by atoms with van der Waals surface area (Å²) in [6.45, 7) is 2.07. The molecule has 1 aromatic carbocycles. The molecule has 3 N–H and O–H groups in total. The van der Waals surface area contributed by atoms with Crippen molar-refractivity contribution in [3.63, 3.8) is 0 Å². The fourth-order valence-corrected chi connectivity index (χ4v) is 4.87. The minimum absolute atomic E-state index is 0. The van der Waals surface area contributed by atoms with Gasteiger partial charge in [-0.3, -0.25) is 9.59 Å². The highest BCUT2D eigenvalue weighted by molar-refractivity contribution is 5.97. The molecule has 1 heterocycles. The van der Waals surface area contributed by atoms with Crippen LogP contribution in [0.3, 0.4) is 0 Å². The molecule has 0 spiro atoms. The molecule has 2 aliphatic carbocycles. The van der Waals surface area contributed by atoms with Crippen molar-refractivity contribution in [2.24, 2.45) is 23.5 Å². The van der Waals surface area contributed by atoms with Crippen LogP contribution >= 0.6 is 12.4 Å². The molecule has 1 aromatic rings. The number of halogens is 1. The molecule has 4 rings (SSSR count). The van der Waals surface area contributed by atoms with E-state index in [-0.39, 0.29) is 41.9 Å². The Labute approximate surface area is 159 Å². The molecule has 3 fully saturated rings. The van der Waals surface area contributed by atoms with Gasteiger partial charge in [-0.05, 0) is 43.2 Å². The van der Waals surface area contributed by atoms with E-state index in [4.69, 9.17) is 5.73 Å². The molecule has 4 atom stereocenters. The number of amides is 2. The summed E-state index contributed by atoms with van der Waals surface area (Å²) >= 11 is 0. The SMILES string of the molecule is Cl.NC1C2CCC(C2)C1C(=O)N1CCN(C(=O)c2ccccc2O)CC1. The maximum atomic E-state index is 12.9. The number of carbonyl (C=O) groups is 2. The second-order valence-corrected chi connectivity index (χ2v) is 7.57. The topological polar surface area (TPSA) is 86.9 Å². The molecule has 1 aliphatic heterocycles. The van der Waals surface area contributed by atoms with Crippen LogP contribution in [0.4, 0.5) is 0 Å². The largest absolute Gasteiger partial charge is 0.507 e. The predicted octanol–water partition coefficient (Wildman–Crippen LogP) is 1.47. The van der Waals surface area contributed by atoms with Gasteiger partial charge in [0, 0.05) is 32.2 Å². The van der Waals surface area contributed by atoms with Crippen LogP contribution in [-0.4, -0.2) is 58.9 Å². The molecule has 2 saturated carbocycles. The molecule has 2 amide bonds. The molecule has 6 nitrogen and oxygen atoms in total. The number of phenols is 1.